The number of hydrogen-bond donors (Lipinski definition) is 0. The van der Waals surface area contributed by atoms with Crippen molar-refractivity contribution in [1.82, 2.24) is 0 Å². The van der Waals surface area contributed by atoms with Gasteiger partial charge in [0.1, 0.15) is 0 Å². The molecule has 1 fully saturated rings. The van der Waals surface area contributed by atoms with Crippen molar-refractivity contribution in [3.8, 4) is 0 Å². The number of nitrogens with zero attached hydrogens (tertiary/aromatic N) is 1. The molecule has 0 bridgehead atoms. The van der Waals surface area contributed by atoms with Crippen molar-refractivity contribution in [2.75, 3.05) is 24.7 Å². The van der Waals surface area contributed by atoms with Crippen LogP contribution in [-0.4, -0.2) is 31.6 Å². The van der Waals surface area contributed by atoms with Crippen molar-refractivity contribution in [3.05, 3.63) is 28.2 Å². The Morgan fingerprint density at radius 1 is 1.53 bits per heavy atom. The van der Waals surface area contributed by atoms with Crippen molar-refractivity contribution < 1.29 is 9.53 Å². The summed E-state index contributed by atoms with van der Waals surface area (Å²) in [5, 5.41) is 0. The van der Waals surface area contributed by atoms with E-state index in [1.807, 2.05) is 18.2 Å². The Morgan fingerprint density at radius 3 is 2.88 bits per heavy atom. The van der Waals surface area contributed by atoms with E-state index in [0.717, 1.165) is 35.5 Å². The number of morpholine rings is 1. The highest BCUT2D eigenvalue weighted by molar-refractivity contribution is 9.10. The molecule has 92 valence electrons. The first-order valence-electron chi connectivity index (χ1n) is 5.74. The number of carbonyl (C=O) groups is 1. The van der Waals surface area contributed by atoms with Gasteiger partial charge in [-0.25, -0.2) is 0 Å². The van der Waals surface area contributed by atoms with E-state index >= 15 is 0 Å². The zero-order chi connectivity index (χ0) is 12.4. The summed E-state index contributed by atoms with van der Waals surface area (Å²) >= 11 is 3.54. The summed E-state index contributed by atoms with van der Waals surface area (Å²) in [7, 11) is 0. The van der Waals surface area contributed by atoms with Gasteiger partial charge in [-0.15, -0.1) is 0 Å². The molecule has 1 saturated heterocycles. The highest BCUT2D eigenvalue weighted by Gasteiger charge is 2.21. The van der Waals surface area contributed by atoms with Crippen LogP contribution in [0.15, 0.2) is 22.7 Å². The van der Waals surface area contributed by atoms with Crippen molar-refractivity contribution in [3.63, 3.8) is 0 Å². The van der Waals surface area contributed by atoms with Crippen LogP contribution in [0.1, 0.15) is 24.2 Å². The lowest BCUT2D eigenvalue weighted by molar-refractivity contribution is 0.0988. The summed E-state index contributed by atoms with van der Waals surface area (Å²) in [6.07, 6.45) is 0. The Balaban J connectivity index is 2.29. The first-order chi connectivity index (χ1) is 8.09. The molecule has 0 amide bonds. The number of ketones is 1. The molecule has 17 heavy (non-hydrogen) atoms. The lowest BCUT2D eigenvalue weighted by Crippen LogP contribution is -2.43. The van der Waals surface area contributed by atoms with Crippen molar-refractivity contribution >= 4 is 27.4 Å². The monoisotopic (exact) mass is 297 g/mol. The molecule has 1 atom stereocenters. The minimum Gasteiger partial charge on any atom is -0.377 e. The number of rotatable bonds is 2. The molecule has 1 aliphatic heterocycles. The van der Waals surface area contributed by atoms with Gasteiger partial charge in [-0.05, 0) is 48.0 Å². The molecule has 1 unspecified atom stereocenters. The van der Waals surface area contributed by atoms with Gasteiger partial charge < -0.3 is 9.64 Å². The molecule has 0 radical (unpaired) electrons. The minimum absolute atomic E-state index is 0.0901. The average Bonchev–Trinajstić information content (AvgIpc) is 2.30. The van der Waals surface area contributed by atoms with E-state index in [4.69, 9.17) is 4.74 Å². The Morgan fingerprint density at radius 2 is 2.29 bits per heavy atom. The fourth-order valence-electron chi connectivity index (χ4n) is 2.04. The summed E-state index contributed by atoms with van der Waals surface area (Å²) in [5.41, 5.74) is 1.87. The molecule has 0 aliphatic carbocycles. The lowest BCUT2D eigenvalue weighted by Gasteiger charge is -2.35. The van der Waals surface area contributed by atoms with Gasteiger partial charge in [-0.3, -0.25) is 4.79 Å². The van der Waals surface area contributed by atoms with Crippen LogP contribution in [0.4, 0.5) is 5.69 Å². The van der Waals surface area contributed by atoms with E-state index < -0.39 is 0 Å². The maximum atomic E-state index is 11.3. The van der Waals surface area contributed by atoms with E-state index in [1.165, 1.54) is 0 Å². The Kier molecular flexibility index (Phi) is 3.84. The largest absolute Gasteiger partial charge is 0.377 e. The van der Waals surface area contributed by atoms with Crippen molar-refractivity contribution in [1.29, 1.82) is 0 Å². The van der Waals surface area contributed by atoms with Gasteiger partial charge >= 0.3 is 0 Å². The van der Waals surface area contributed by atoms with Gasteiger partial charge in [0.05, 0.1) is 18.9 Å². The van der Waals surface area contributed by atoms with E-state index in [0.29, 0.717) is 6.04 Å². The van der Waals surface area contributed by atoms with E-state index in [1.54, 1.807) is 6.92 Å². The van der Waals surface area contributed by atoms with Crippen LogP contribution in [0, 0.1) is 0 Å². The number of Topliss-reactive ketones (excluding diaryl/α,β-unsaturated/α-hetero) is 1. The highest BCUT2D eigenvalue weighted by Crippen LogP contribution is 2.29. The third-order valence-corrected chi connectivity index (χ3v) is 3.67. The number of benzene rings is 1. The molecular formula is C13H16BrNO2. The standard InChI is InChI=1S/C13H16BrNO2/c1-9-8-17-6-5-15(9)13-4-3-11(10(2)16)7-12(13)14/h3-4,7,9H,5-6,8H2,1-2H3. The van der Waals surface area contributed by atoms with Crippen LogP contribution in [0.2, 0.25) is 0 Å². The second-order valence-corrected chi connectivity index (χ2v) is 5.19. The molecule has 0 spiro atoms. The third-order valence-electron chi connectivity index (χ3n) is 3.03. The number of hydrogen-bond acceptors (Lipinski definition) is 3. The number of carbonyl (C=O) groups excluding carboxylic acids is 1. The van der Waals surface area contributed by atoms with Gasteiger partial charge in [-0.2, -0.15) is 0 Å². The maximum Gasteiger partial charge on any atom is 0.159 e. The molecule has 0 N–H and O–H groups in total. The molecule has 3 nitrogen and oxygen atoms in total. The van der Waals surface area contributed by atoms with Crippen molar-refractivity contribution in [2.24, 2.45) is 0 Å². The minimum atomic E-state index is 0.0901. The predicted octanol–water partition coefficient (Wildman–Crippen LogP) is 2.88. The second kappa shape index (κ2) is 5.19. The average molecular weight is 298 g/mol. The van der Waals surface area contributed by atoms with E-state index in [-0.39, 0.29) is 5.78 Å². The first-order valence-corrected chi connectivity index (χ1v) is 6.54. The zero-order valence-electron chi connectivity index (χ0n) is 10.1. The van der Waals surface area contributed by atoms with Crippen LogP contribution in [0.3, 0.4) is 0 Å². The smallest absolute Gasteiger partial charge is 0.159 e. The predicted molar refractivity (Wildman–Crippen MR) is 71.8 cm³/mol. The summed E-state index contributed by atoms with van der Waals surface area (Å²) in [6.45, 7) is 6.12. The molecule has 4 heteroatoms. The molecule has 1 aromatic rings. The second-order valence-electron chi connectivity index (χ2n) is 4.34. The maximum absolute atomic E-state index is 11.3. The Bertz CT molecular complexity index is 433. The summed E-state index contributed by atoms with van der Waals surface area (Å²) in [5.74, 6) is 0.0901. The van der Waals surface area contributed by atoms with E-state index in [2.05, 4.69) is 27.8 Å². The quantitative estimate of drug-likeness (QED) is 0.786. The molecule has 2 rings (SSSR count). The topological polar surface area (TPSA) is 29.5 Å². The molecular weight excluding hydrogens is 282 g/mol. The summed E-state index contributed by atoms with van der Waals surface area (Å²) in [4.78, 5) is 13.6. The highest BCUT2D eigenvalue weighted by atomic mass is 79.9. The molecule has 1 heterocycles. The number of ether oxygens (including phenoxy) is 1. The molecule has 0 aromatic heterocycles. The van der Waals surface area contributed by atoms with Crippen LogP contribution < -0.4 is 4.90 Å². The molecule has 1 aliphatic rings. The lowest BCUT2D eigenvalue weighted by atomic mass is 10.1. The first kappa shape index (κ1) is 12.6. The zero-order valence-corrected chi connectivity index (χ0v) is 11.7. The van der Waals surface area contributed by atoms with Crippen LogP contribution >= 0.6 is 15.9 Å². The van der Waals surface area contributed by atoms with Crippen LogP contribution in [0.25, 0.3) is 0 Å². The fraction of sp³-hybridized carbons (Fsp3) is 0.462. The van der Waals surface area contributed by atoms with Gasteiger partial charge in [0.25, 0.3) is 0 Å². The third kappa shape index (κ3) is 2.69. The van der Waals surface area contributed by atoms with E-state index in [9.17, 15) is 4.79 Å². The molecule has 0 saturated carbocycles. The summed E-state index contributed by atoms with van der Waals surface area (Å²) < 4.78 is 6.40. The number of halogens is 1. The van der Waals surface area contributed by atoms with Crippen molar-refractivity contribution in [2.45, 2.75) is 19.9 Å². The van der Waals surface area contributed by atoms with Gasteiger partial charge in [0, 0.05) is 22.6 Å². The molecule has 1 aromatic carbocycles. The fourth-order valence-corrected chi connectivity index (χ4v) is 2.65. The number of anilines is 1. The summed E-state index contributed by atoms with van der Waals surface area (Å²) in [6, 6.07) is 6.14. The van der Waals surface area contributed by atoms with Crippen LogP contribution in [0.5, 0.6) is 0 Å². The van der Waals surface area contributed by atoms with Gasteiger partial charge in [-0.1, -0.05) is 0 Å². The van der Waals surface area contributed by atoms with Crippen LogP contribution in [-0.2, 0) is 4.74 Å². The normalized spacial score (nSPS) is 20.4. The Labute approximate surface area is 110 Å². The Hall–Kier alpha value is -0.870. The van der Waals surface area contributed by atoms with Gasteiger partial charge in [0.15, 0.2) is 5.78 Å². The van der Waals surface area contributed by atoms with Gasteiger partial charge in [0.2, 0.25) is 0 Å². The SMILES string of the molecule is CC(=O)c1ccc(N2CCOCC2C)c(Br)c1.